The lowest BCUT2D eigenvalue weighted by molar-refractivity contribution is 0.954. The Balaban J connectivity index is 1.15. The van der Waals surface area contributed by atoms with Crippen LogP contribution in [-0.4, -0.2) is 24.1 Å². The predicted molar refractivity (Wildman–Crippen MR) is 255 cm³/mol. The Kier molecular flexibility index (Phi) is 7.54. The third kappa shape index (κ3) is 5.18. The maximum absolute atomic E-state index is 5.44. The highest BCUT2D eigenvalue weighted by Gasteiger charge is 2.29. The summed E-state index contributed by atoms with van der Waals surface area (Å²) in [5.74, 6) is 1.78. The number of nitrogens with zero attached hydrogens (tertiary/aromatic N) is 5. The van der Waals surface area contributed by atoms with Crippen LogP contribution in [0.2, 0.25) is 0 Å². The zero-order valence-electron chi connectivity index (χ0n) is 33.4. The fourth-order valence-corrected chi connectivity index (χ4v) is 9.79. The molecule has 0 fully saturated rings. The monoisotopic (exact) mass is 789 g/mol. The molecule has 0 aliphatic carbocycles. The molecule has 13 rings (SSSR count). The molecular weight excluding hydrogens is 755 g/mol. The van der Waals surface area contributed by atoms with Crippen molar-refractivity contribution in [2.24, 2.45) is 0 Å². The fourth-order valence-electron chi connectivity index (χ4n) is 9.79. The molecule has 0 unspecified atom stereocenters. The Morgan fingerprint density at radius 1 is 0.306 bits per heavy atom. The summed E-state index contributed by atoms with van der Waals surface area (Å²) in [7, 11) is 0. The summed E-state index contributed by atoms with van der Waals surface area (Å²) in [5, 5.41) is 4.68. The van der Waals surface area contributed by atoms with Crippen LogP contribution >= 0.6 is 0 Å². The van der Waals surface area contributed by atoms with E-state index in [1.807, 2.05) is 12.1 Å². The molecule has 3 aromatic heterocycles. The molecule has 0 spiro atoms. The van der Waals surface area contributed by atoms with Crippen molar-refractivity contribution in [1.82, 2.24) is 24.1 Å². The van der Waals surface area contributed by atoms with E-state index in [-0.39, 0.29) is 0 Å². The summed E-state index contributed by atoms with van der Waals surface area (Å²) in [5.41, 5.74) is 16.8. The molecule has 0 radical (unpaired) electrons. The van der Waals surface area contributed by atoms with Gasteiger partial charge in [-0.3, -0.25) is 4.57 Å². The highest BCUT2D eigenvalue weighted by Crippen LogP contribution is 2.51. The standard InChI is InChI=1S/C57H35N5/c1-3-17-36(18-4-1)38-21-15-23-40(33-38)55-58-56(41-24-16-22-39(34-41)37-19-5-2-6-20-37)60-57(59-55)62-50-32-14-11-29-46(50)52-51(62)35-47-44-27-10-13-31-49(44)61-48-30-12-9-26-43(48)42-25-7-8-28-45(42)53(52)54(47)61/h1-35H. The van der Waals surface area contributed by atoms with Crippen LogP contribution in [0.4, 0.5) is 0 Å². The molecule has 4 heterocycles. The number of fused-ring (bicyclic) bond motifs is 12. The van der Waals surface area contributed by atoms with E-state index in [0.29, 0.717) is 17.6 Å². The van der Waals surface area contributed by atoms with Crippen molar-refractivity contribution < 1.29 is 0 Å². The Morgan fingerprint density at radius 2 is 0.806 bits per heavy atom. The first-order chi connectivity index (χ1) is 30.8. The predicted octanol–water partition coefficient (Wildman–Crippen LogP) is 14.4. The van der Waals surface area contributed by atoms with Crippen LogP contribution in [0, 0.1) is 0 Å². The van der Waals surface area contributed by atoms with Gasteiger partial charge in [0.2, 0.25) is 5.95 Å². The number of aromatic nitrogens is 5. The largest absolute Gasteiger partial charge is 0.308 e. The maximum atomic E-state index is 5.44. The molecule has 12 aromatic rings. The first-order valence-electron chi connectivity index (χ1n) is 21.0. The van der Waals surface area contributed by atoms with Gasteiger partial charge < -0.3 is 4.57 Å². The fraction of sp³-hybridized carbons (Fsp3) is 0. The van der Waals surface area contributed by atoms with Crippen molar-refractivity contribution in [2.45, 2.75) is 0 Å². The molecule has 0 N–H and O–H groups in total. The van der Waals surface area contributed by atoms with Crippen molar-refractivity contribution >= 4 is 43.6 Å². The van der Waals surface area contributed by atoms with Gasteiger partial charge >= 0.3 is 0 Å². The molecule has 9 aromatic carbocycles. The summed E-state index contributed by atoms with van der Waals surface area (Å²) >= 11 is 0. The SMILES string of the molecule is c1ccc(-c2cccc(-c3nc(-c4cccc(-c5ccccc5)c4)nc(-n4c5ccccc5c5c6c7c(cc54)c4ccccc4n7-c4ccccc4-c4ccccc4-6)n3)c2)cc1. The summed E-state index contributed by atoms with van der Waals surface area (Å²) in [4.78, 5) is 16.1. The third-order valence-corrected chi connectivity index (χ3v) is 12.5. The Hall–Kier alpha value is -8.41. The van der Waals surface area contributed by atoms with E-state index >= 15 is 0 Å². The van der Waals surface area contributed by atoms with Gasteiger partial charge in [0.05, 0.1) is 27.8 Å². The van der Waals surface area contributed by atoms with Crippen LogP contribution in [0.3, 0.4) is 0 Å². The number of hydrogen-bond acceptors (Lipinski definition) is 3. The van der Waals surface area contributed by atoms with Crippen molar-refractivity contribution in [3.8, 4) is 78.9 Å². The van der Waals surface area contributed by atoms with Gasteiger partial charge in [0.25, 0.3) is 0 Å². The second-order valence-electron chi connectivity index (χ2n) is 16.0. The minimum absolute atomic E-state index is 0.562. The Morgan fingerprint density at radius 3 is 1.47 bits per heavy atom. The van der Waals surface area contributed by atoms with E-state index in [0.717, 1.165) is 55.2 Å². The molecule has 5 nitrogen and oxygen atoms in total. The van der Waals surface area contributed by atoms with E-state index in [4.69, 9.17) is 15.0 Å². The zero-order chi connectivity index (χ0) is 40.7. The van der Waals surface area contributed by atoms with Crippen LogP contribution < -0.4 is 0 Å². The second kappa shape index (κ2) is 13.6. The lowest BCUT2D eigenvalue weighted by Crippen LogP contribution is -2.06. The third-order valence-electron chi connectivity index (χ3n) is 12.5. The van der Waals surface area contributed by atoms with Crippen LogP contribution in [0.25, 0.3) is 123 Å². The van der Waals surface area contributed by atoms with Gasteiger partial charge in [0, 0.05) is 43.8 Å². The topological polar surface area (TPSA) is 48.5 Å². The molecule has 0 saturated heterocycles. The summed E-state index contributed by atoms with van der Waals surface area (Å²) in [6, 6.07) is 75.6. The number of para-hydroxylation sites is 3. The normalized spacial score (nSPS) is 11.9. The highest BCUT2D eigenvalue weighted by atomic mass is 15.2. The quantitative estimate of drug-likeness (QED) is 0.174. The van der Waals surface area contributed by atoms with Crippen molar-refractivity contribution in [3.05, 3.63) is 212 Å². The van der Waals surface area contributed by atoms with Gasteiger partial charge in [0.1, 0.15) is 0 Å². The average Bonchev–Trinajstić information content (AvgIpc) is 3.82. The lowest BCUT2D eigenvalue weighted by atomic mass is 9.91. The second-order valence-corrected chi connectivity index (χ2v) is 16.0. The Bertz CT molecular complexity index is 3650. The van der Waals surface area contributed by atoms with Gasteiger partial charge in [-0.15, -0.1) is 0 Å². The molecule has 1 aliphatic heterocycles. The Labute approximate surface area is 357 Å². The number of benzene rings is 9. The average molecular weight is 790 g/mol. The van der Waals surface area contributed by atoms with Crippen LogP contribution in [0.5, 0.6) is 0 Å². The van der Waals surface area contributed by atoms with Crippen molar-refractivity contribution in [3.63, 3.8) is 0 Å². The molecule has 288 valence electrons. The first kappa shape index (κ1) is 34.5. The zero-order valence-corrected chi connectivity index (χ0v) is 33.4. The molecule has 0 saturated carbocycles. The van der Waals surface area contributed by atoms with Gasteiger partial charge in [-0.05, 0) is 69.8 Å². The van der Waals surface area contributed by atoms with E-state index in [9.17, 15) is 0 Å². The molecule has 62 heavy (non-hydrogen) atoms. The molecule has 0 bridgehead atoms. The van der Waals surface area contributed by atoms with E-state index in [2.05, 4.69) is 209 Å². The smallest absolute Gasteiger partial charge is 0.238 e. The molecule has 1 aliphatic rings. The molecular formula is C57H35N5. The van der Waals surface area contributed by atoms with Crippen LogP contribution in [0.15, 0.2) is 212 Å². The van der Waals surface area contributed by atoms with Gasteiger partial charge in [-0.1, -0.05) is 176 Å². The minimum Gasteiger partial charge on any atom is -0.308 e. The minimum atomic E-state index is 0.562. The molecule has 5 heteroatoms. The summed E-state index contributed by atoms with van der Waals surface area (Å²) < 4.78 is 4.75. The number of rotatable bonds is 5. The van der Waals surface area contributed by atoms with Gasteiger partial charge in [0.15, 0.2) is 11.6 Å². The van der Waals surface area contributed by atoms with Crippen LogP contribution in [0.1, 0.15) is 0 Å². The first-order valence-corrected chi connectivity index (χ1v) is 21.0. The van der Waals surface area contributed by atoms with E-state index in [1.54, 1.807) is 0 Å². The van der Waals surface area contributed by atoms with Crippen molar-refractivity contribution in [2.75, 3.05) is 0 Å². The highest BCUT2D eigenvalue weighted by molar-refractivity contribution is 6.28. The summed E-state index contributed by atoms with van der Waals surface area (Å²) in [6.45, 7) is 0. The lowest BCUT2D eigenvalue weighted by Gasteiger charge is -2.13. The van der Waals surface area contributed by atoms with Crippen LogP contribution in [-0.2, 0) is 0 Å². The molecule has 0 atom stereocenters. The maximum Gasteiger partial charge on any atom is 0.238 e. The summed E-state index contributed by atoms with van der Waals surface area (Å²) in [6.07, 6.45) is 0. The van der Waals surface area contributed by atoms with E-state index in [1.165, 1.54) is 49.7 Å². The van der Waals surface area contributed by atoms with Gasteiger partial charge in [-0.2, -0.15) is 9.97 Å². The molecule has 0 amide bonds. The van der Waals surface area contributed by atoms with Crippen molar-refractivity contribution in [1.29, 1.82) is 0 Å². The van der Waals surface area contributed by atoms with E-state index < -0.39 is 0 Å². The van der Waals surface area contributed by atoms with Gasteiger partial charge in [-0.25, -0.2) is 4.98 Å². The number of hydrogen-bond donors (Lipinski definition) is 0.